The molecular formula is C12H18N4O2. The number of anilines is 1. The summed E-state index contributed by atoms with van der Waals surface area (Å²) in [4.78, 5) is 16.5. The molecule has 1 aromatic heterocycles. The van der Waals surface area contributed by atoms with Crippen molar-refractivity contribution >= 4 is 11.4 Å². The Morgan fingerprint density at radius 2 is 2.44 bits per heavy atom. The Balaban J connectivity index is 2.32. The van der Waals surface area contributed by atoms with Gasteiger partial charge in [0.05, 0.1) is 4.92 Å². The maximum Gasteiger partial charge on any atom is 0.310 e. The molecule has 0 amide bonds. The Hall–Kier alpha value is -1.69. The predicted octanol–water partition coefficient (Wildman–Crippen LogP) is 1.55. The Bertz CT molecular complexity index is 438. The summed E-state index contributed by atoms with van der Waals surface area (Å²) in [5, 5.41) is 11.0. The van der Waals surface area contributed by atoms with Gasteiger partial charge in [-0.1, -0.05) is 6.92 Å². The first kappa shape index (κ1) is 12.8. The van der Waals surface area contributed by atoms with E-state index < -0.39 is 0 Å². The fourth-order valence-electron chi connectivity index (χ4n) is 2.55. The topological polar surface area (TPSA) is 85.3 Å². The van der Waals surface area contributed by atoms with Crippen LogP contribution in [-0.2, 0) is 0 Å². The van der Waals surface area contributed by atoms with E-state index in [0.29, 0.717) is 18.2 Å². The number of rotatable bonds is 3. The average Bonchev–Trinajstić information content (AvgIpc) is 2.38. The van der Waals surface area contributed by atoms with E-state index in [1.165, 1.54) is 6.20 Å². The van der Waals surface area contributed by atoms with Gasteiger partial charge in [0.15, 0.2) is 0 Å². The van der Waals surface area contributed by atoms with Gasteiger partial charge in [-0.15, -0.1) is 0 Å². The predicted molar refractivity (Wildman–Crippen MR) is 69.5 cm³/mol. The van der Waals surface area contributed by atoms with Gasteiger partial charge in [0.1, 0.15) is 11.9 Å². The van der Waals surface area contributed by atoms with Crippen molar-refractivity contribution in [3.05, 3.63) is 28.6 Å². The van der Waals surface area contributed by atoms with Crippen molar-refractivity contribution in [2.45, 2.75) is 25.8 Å². The van der Waals surface area contributed by atoms with Crippen LogP contribution in [0.15, 0.2) is 18.5 Å². The molecule has 1 aromatic rings. The molecule has 0 radical (unpaired) electrons. The van der Waals surface area contributed by atoms with Crippen molar-refractivity contribution in [3.8, 4) is 0 Å². The van der Waals surface area contributed by atoms with Crippen LogP contribution >= 0.6 is 0 Å². The average molecular weight is 250 g/mol. The fourth-order valence-corrected chi connectivity index (χ4v) is 2.55. The summed E-state index contributed by atoms with van der Waals surface area (Å²) in [6, 6.07) is 1.88. The number of piperidine rings is 1. The lowest BCUT2D eigenvalue weighted by molar-refractivity contribution is -0.384. The van der Waals surface area contributed by atoms with Crippen LogP contribution in [-0.4, -0.2) is 29.0 Å². The first-order valence-corrected chi connectivity index (χ1v) is 6.18. The van der Waals surface area contributed by atoms with E-state index in [4.69, 9.17) is 5.73 Å². The van der Waals surface area contributed by atoms with Gasteiger partial charge in [-0.3, -0.25) is 15.1 Å². The molecule has 2 N–H and O–H groups in total. The summed E-state index contributed by atoms with van der Waals surface area (Å²) >= 11 is 0. The summed E-state index contributed by atoms with van der Waals surface area (Å²) < 4.78 is 0. The first-order valence-electron chi connectivity index (χ1n) is 6.18. The molecule has 2 rings (SSSR count). The molecule has 1 fully saturated rings. The third-order valence-electron chi connectivity index (χ3n) is 3.53. The first-order chi connectivity index (χ1) is 8.63. The summed E-state index contributed by atoms with van der Waals surface area (Å²) in [7, 11) is 0. The van der Waals surface area contributed by atoms with Gasteiger partial charge >= 0.3 is 5.69 Å². The number of nitro groups is 1. The van der Waals surface area contributed by atoms with Gasteiger partial charge in [-0.05, 0) is 24.8 Å². The van der Waals surface area contributed by atoms with Gasteiger partial charge in [0.25, 0.3) is 0 Å². The molecule has 0 aliphatic carbocycles. The Morgan fingerprint density at radius 1 is 1.67 bits per heavy atom. The zero-order valence-electron chi connectivity index (χ0n) is 10.5. The second-order valence-corrected chi connectivity index (χ2v) is 4.83. The largest absolute Gasteiger partial charge is 0.362 e. The Morgan fingerprint density at radius 3 is 3.11 bits per heavy atom. The highest BCUT2D eigenvalue weighted by atomic mass is 16.6. The lowest BCUT2D eigenvalue weighted by atomic mass is 9.92. The second kappa shape index (κ2) is 5.30. The molecular weight excluding hydrogens is 232 g/mol. The molecule has 0 saturated carbocycles. The van der Waals surface area contributed by atoms with Gasteiger partial charge in [0.2, 0.25) is 0 Å². The van der Waals surface area contributed by atoms with E-state index >= 15 is 0 Å². The van der Waals surface area contributed by atoms with Gasteiger partial charge in [-0.2, -0.15) is 0 Å². The smallest absolute Gasteiger partial charge is 0.310 e. The van der Waals surface area contributed by atoms with Crippen LogP contribution in [0.2, 0.25) is 0 Å². The van der Waals surface area contributed by atoms with Crippen LogP contribution in [0.25, 0.3) is 0 Å². The standard InChI is InChI=1S/C12H18N4O2/c1-9-3-5-15(10(6-9)7-13)11-2-4-14-8-12(11)16(17)18/h2,4,8-10H,3,5-7,13H2,1H3. The molecule has 1 saturated heterocycles. The minimum atomic E-state index is -0.381. The maximum atomic E-state index is 11.0. The van der Waals surface area contributed by atoms with Crippen molar-refractivity contribution in [2.24, 2.45) is 11.7 Å². The van der Waals surface area contributed by atoms with Crippen LogP contribution in [0.1, 0.15) is 19.8 Å². The van der Waals surface area contributed by atoms with Crippen LogP contribution in [0.3, 0.4) is 0 Å². The van der Waals surface area contributed by atoms with E-state index in [2.05, 4.69) is 16.8 Å². The van der Waals surface area contributed by atoms with E-state index in [9.17, 15) is 10.1 Å². The van der Waals surface area contributed by atoms with Crippen molar-refractivity contribution in [2.75, 3.05) is 18.0 Å². The molecule has 98 valence electrons. The summed E-state index contributed by atoms with van der Waals surface area (Å²) in [5.74, 6) is 0.621. The summed E-state index contributed by atoms with van der Waals surface area (Å²) in [5.41, 5.74) is 6.49. The Kier molecular flexibility index (Phi) is 3.76. The molecule has 2 unspecified atom stereocenters. The van der Waals surface area contributed by atoms with Gasteiger partial charge in [-0.25, -0.2) is 0 Å². The number of nitrogens with zero attached hydrogens (tertiary/aromatic N) is 3. The third kappa shape index (κ3) is 2.43. The normalized spacial score (nSPS) is 24.0. The number of nitrogens with two attached hydrogens (primary N) is 1. The highest BCUT2D eigenvalue weighted by Crippen LogP contribution is 2.33. The van der Waals surface area contributed by atoms with Crippen LogP contribution in [0.4, 0.5) is 11.4 Å². The number of pyridine rings is 1. The lowest BCUT2D eigenvalue weighted by Crippen LogP contribution is -2.46. The minimum Gasteiger partial charge on any atom is -0.362 e. The molecule has 18 heavy (non-hydrogen) atoms. The molecule has 2 heterocycles. The van der Waals surface area contributed by atoms with E-state index in [1.54, 1.807) is 12.3 Å². The third-order valence-corrected chi connectivity index (χ3v) is 3.53. The molecule has 2 atom stereocenters. The number of hydrogen-bond donors (Lipinski definition) is 1. The van der Waals surface area contributed by atoms with E-state index in [1.807, 2.05) is 0 Å². The van der Waals surface area contributed by atoms with E-state index in [-0.39, 0.29) is 16.7 Å². The maximum absolute atomic E-state index is 11.0. The second-order valence-electron chi connectivity index (χ2n) is 4.83. The SMILES string of the molecule is CC1CCN(c2ccncc2[N+](=O)[O-])C(CN)C1. The van der Waals surface area contributed by atoms with Crippen molar-refractivity contribution < 1.29 is 4.92 Å². The fraction of sp³-hybridized carbons (Fsp3) is 0.583. The molecule has 0 aromatic carbocycles. The van der Waals surface area contributed by atoms with E-state index in [0.717, 1.165) is 19.4 Å². The molecule has 6 heteroatoms. The van der Waals surface area contributed by atoms with Gasteiger partial charge in [0, 0.05) is 25.3 Å². The Labute approximate surface area is 106 Å². The van der Waals surface area contributed by atoms with Gasteiger partial charge < -0.3 is 10.6 Å². The lowest BCUT2D eigenvalue weighted by Gasteiger charge is -2.39. The number of hydrogen-bond acceptors (Lipinski definition) is 5. The summed E-state index contributed by atoms with van der Waals surface area (Å²) in [6.07, 6.45) is 4.92. The molecule has 0 bridgehead atoms. The zero-order valence-corrected chi connectivity index (χ0v) is 10.5. The quantitative estimate of drug-likeness (QED) is 0.650. The minimum absolute atomic E-state index is 0.0607. The monoisotopic (exact) mass is 250 g/mol. The molecule has 1 aliphatic heterocycles. The van der Waals surface area contributed by atoms with Crippen LogP contribution in [0, 0.1) is 16.0 Å². The van der Waals surface area contributed by atoms with Crippen LogP contribution < -0.4 is 10.6 Å². The highest BCUT2D eigenvalue weighted by molar-refractivity contribution is 5.62. The number of aromatic nitrogens is 1. The molecule has 6 nitrogen and oxygen atoms in total. The zero-order chi connectivity index (χ0) is 13.1. The van der Waals surface area contributed by atoms with Crippen molar-refractivity contribution in [1.29, 1.82) is 0 Å². The molecule has 0 spiro atoms. The highest BCUT2D eigenvalue weighted by Gasteiger charge is 2.29. The van der Waals surface area contributed by atoms with Crippen molar-refractivity contribution in [3.63, 3.8) is 0 Å². The van der Waals surface area contributed by atoms with Crippen LogP contribution in [0.5, 0.6) is 0 Å². The van der Waals surface area contributed by atoms with Crippen molar-refractivity contribution in [1.82, 2.24) is 4.98 Å². The molecule has 1 aliphatic rings. The summed E-state index contributed by atoms with van der Waals surface area (Å²) in [6.45, 7) is 3.53.